The average molecular weight is 483 g/mol. The summed E-state index contributed by atoms with van der Waals surface area (Å²) in [5.74, 6) is -0.442. The second kappa shape index (κ2) is 10.0. The highest BCUT2D eigenvalue weighted by Crippen LogP contribution is 2.32. The molecule has 3 aromatic rings. The van der Waals surface area contributed by atoms with Crippen molar-refractivity contribution in [3.63, 3.8) is 0 Å². The number of nitrogen functional groups attached to an aromatic ring is 1. The van der Waals surface area contributed by atoms with E-state index in [0.717, 1.165) is 11.6 Å². The highest BCUT2D eigenvalue weighted by molar-refractivity contribution is 5.96. The molecule has 2 heterocycles. The summed E-state index contributed by atoms with van der Waals surface area (Å²) in [5, 5.41) is 2.81. The maximum absolute atomic E-state index is 13.4. The van der Waals surface area contributed by atoms with Gasteiger partial charge >= 0.3 is 6.18 Å². The Morgan fingerprint density at radius 3 is 2.43 bits per heavy atom. The van der Waals surface area contributed by atoms with Crippen molar-refractivity contribution in [2.45, 2.75) is 19.1 Å². The molecule has 3 N–H and O–H groups in total. The number of nitrogens with zero attached hydrogens (tertiary/aromatic N) is 3. The van der Waals surface area contributed by atoms with Crippen LogP contribution in [0.2, 0.25) is 0 Å². The maximum atomic E-state index is 13.4. The van der Waals surface area contributed by atoms with Gasteiger partial charge in [-0.15, -0.1) is 0 Å². The van der Waals surface area contributed by atoms with Gasteiger partial charge in [0, 0.05) is 31.5 Å². The average Bonchev–Trinajstić information content (AvgIpc) is 2.87. The van der Waals surface area contributed by atoms with Crippen molar-refractivity contribution in [2.24, 2.45) is 0 Å². The molecule has 182 valence electrons. The van der Waals surface area contributed by atoms with E-state index in [1.165, 1.54) is 29.3 Å². The van der Waals surface area contributed by atoms with E-state index in [-0.39, 0.29) is 18.1 Å². The molecular weight excluding hydrogens is 459 g/mol. The van der Waals surface area contributed by atoms with Gasteiger partial charge in [0.25, 0.3) is 11.8 Å². The Balaban J connectivity index is 1.40. The molecule has 1 fully saturated rings. The van der Waals surface area contributed by atoms with Crippen LogP contribution in [0.15, 0.2) is 66.9 Å². The number of alkyl halides is 3. The quantitative estimate of drug-likeness (QED) is 0.537. The van der Waals surface area contributed by atoms with E-state index >= 15 is 0 Å². The number of nitrogens with two attached hydrogens (primary N) is 1. The first-order valence-electron chi connectivity index (χ1n) is 11.0. The first kappa shape index (κ1) is 24.1. The van der Waals surface area contributed by atoms with Gasteiger partial charge in [-0.1, -0.05) is 24.3 Å². The summed E-state index contributed by atoms with van der Waals surface area (Å²) in [7, 11) is 0. The lowest BCUT2D eigenvalue weighted by atomic mass is 10.1. The van der Waals surface area contributed by atoms with E-state index in [0.29, 0.717) is 43.1 Å². The summed E-state index contributed by atoms with van der Waals surface area (Å²) in [6.07, 6.45) is -2.60. The highest BCUT2D eigenvalue weighted by atomic mass is 19.4. The number of carbonyl (C=O) groups excluding carboxylic acids is 2. The third-order valence-corrected chi connectivity index (χ3v) is 5.71. The van der Waals surface area contributed by atoms with E-state index in [2.05, 4.69) is 10.3 Å². The molecule has 0 atom stereocenters. The van der Waals surface area contributed by atoms with Crippen LogP contribution >= 0.6 is 0 Å². The van der Waals surface area contributed by atoms with Crippen molar-refractivity contribution in [1.29, 1.82) is 0 Å². The third-order valence-electron chi connectivity index (χ3n) is 5.71. The Hall–Kier alpha value is -4.08. The number of benzene rings is 2. The van der Waals surface area contributed by atoms with Crippen LogP contribution in [0.5, 0.6) is 0 Å². The summed E-state index contributed by atoms with van der Waals surface area (Å²) in [5.41, 5.74) is 6.25. The van der Waals surface area contributed by atoms with Crippen LogP contribution in [-0.2, 0) is 12.7 Å². The fourth-order valence-corrected chi connectivity index (χ4v) is 3.87. The van der Waals surface area contributed by atoms with E-state index in [9.17, 15) is 22.8 Å². The summed E-state index contributed by atoms with van der Waals surface area (Å²) in [6, 6.07) is 15.2. The van der Waals surface area contributed by atoms with Crippen LogP contribution in [0.3, 0.4) is 0 Å². The summed E-state index contributed by atoms with van der Waals surface area (Å²) in [6.45, 7) is 1.36. The minimum atomic E-state index is -4.62. The molecule has 1 aliphatic rings. The molecule has 1 saturated heterocycles. The zero-order chi connectivity index (χ0) is 25.0. The lowest BCUT2D eigenvalue weighted by Gasteiger charge is -2.36. The predicted octanol–water partition coefficient (Wildman–Crippen LogP) is 3.92. The molecule has 35 heavy (non-hydrogen) atoms. The normalized spacial score (nSPS) is 14.0. The number of hydrogen-bond acceptors (Lipinski definition) is 5. The van der Waals surface area contributed by atoms with Crippen molar-refractivity contribution in [3.8, 4) is 0 Å². The van der Waals surface area contributed by atoms with E-state index < -0.39 is 17.6 Å². The van der Waals surface area contributed by atoms with Gasteiger partial charge in [0.05, 0.1) is 23.4 Å². The molecule has 2 amide bonds. The Kier molecular flexibility index (Phi) is 6.90. The zero-order valence-electron chi connectivity index (χ0n) is 18.8. The number of rotatable bonds is 5. The Morgan fingerprint density at radius 1 is 1.00 bits per heavy atom. The Labute approximate surface area is 200 Å². The third kappa shape index (κ3) is 5.71. The molecule has 1 aliphatic heterocycles. The number of amides is 2. The van der Waals surface area contributed by atoms with Crippen LogP contribution in [-0.4, -0.2) is 41.5 Å². The van der Waals surface area contributed by atoms with Gasteiger partial charge in [-0.25, -0.2) is 4.98 Å². The van der Waals surface area contributed by atoms with Crippen LogP contribution in [0.1, 0.15) is 38.3 Å². The van der Waals surface area contributed by atoms with Crippen molar-refractivity contribution in [2.75, 3.05) is 30.4 Å². The number of aromatic nitrogens is 1. The molecule has 1 aromatic heterocycles. The second-order valence-electron chi connectivity index (χ2n) is 8.20. The zero-order valence-corrected chi connectivity index (χ0v) is 18.8. The topological polar surface area (TPSA) is 91.6 Å². The minimum absolute atomic E-state index is 0.0979. The van der Waals surface area contributed by atoms with Crippen LogP contribution in [0, 0.1) is 0 Å². The molecule has 0 aliphatic carbocycles. The lowest BCUT2D eigenvalue weighted by Crippen LogP contribution is -2.48. The molecule has 0 bridgehead atoms. The molecular formula is C25H24F3N5O2. The van der Waals surface area contributed by atoms with Crippen LogP contribution < -0.4 is 16.0 Å². The number of hydrogen-bond donors (Lipinski definition) is 2. The Bertz CT molecular complexity index is 1200. The molecule has 0 spiro atoms. The SMILES string of the molecule is Nc1ccc(CNC(=O)c2ccc(N3CCCN(C(=O)c4ccccc4C(F)(F)F)C3)nc2)cc1. The smallest absolute Gasteiger partial charge is 0.399 e. The first-order valence-corrected chi connectivity index (χ1v) is 11.0. The summed E-state index contributed by atoms with van der Waals surface area (Å²) in [4.78, 5) is 32.9. The van der Waals surface area contributed by atoms with Gasteiger partial charge in [-0.05, 0) is 48.4 Å². The number of carbonyl (C=O) groups is 2. The number of pyridine rings is 1. The molecule has 4 rings (SSSR count). The van der Waals surface area contributed by atoms with Crippen LogP contribution in [0.25, 0.3) is 0 Å². The van der Waals surface area contributed by atoms with Crippen molar-refractivity contribution >= 4 is 23.3 Å². The molecule has 0 radical (unpaired) electrons. The van der Waals surface area contributed by atoms with Crippen molar-refractivity contribution in [3.05, 3.63) is 89.1 Å². The standard InChI is InChI=1S/C25H24F3N5O2/c26-25(27,28)21-5-2-1-4-20(21)24(35)33-13-3-12-32(16-33)22-11-8-18(15-30-22)23(34)31-14-17-6-9-19(29)10-7-17/h1-2,4-11,15H,3,12-14,16,29H2,(H,31,34). The molecule has 0 saturated carbocycles. The molecule has 10 heteroatoms. The van der Waals surface area contributed by atoms with E-state index in [4.69, 9.17) is 5.73 Å². The highest BCUT2D eigenvalue weighted by Gasteiger charge is 2.36. The minimum Gasteiger partial charge on any atom is -0.399 e. The summed E-state index contributed by atoms with van der Waals surface area (Å²) < 4.78 is 40.1. The molecule has 0 unspecified atom stereocenters. The van der Waals surface area contributed by atoms with Gasteiger partial charge in [-0.2, -0.15) is 13.2 Å². The maximum Gasteiger partial charge on any atom is 0.417 e. The van der Waals surface area contributed by atoms with E-state index in [1.807, 2.05) is 12.1 Å². The number of anilines is 2. The fraction of sp³-hybridized carbons (Fsp3) is 0.240. The van der Waals surface area contributed by atoms with Crippen molar-refractivity contribution < 1.29 is 22.8 Å². The first-order chi connectivity index (χ1) is 16.7. The number of nitrogens with one attached hydrogen (secondary N) is 1. The monoisotopic (exact) mass is 483 g/mol. The van der Waals surface area contributed by atoms with Gasteiger partial charge < -0.3 is 20.9 Å². The van der Waals surface area contributed by atoms with Crippen LogP contribution in [0.4, 0.5) is 24.7 Å². The predicted molar refractivity (Wildman–Crippen MR) is 126 cm³/mol. The Morgan fingerprint density at radius 2 is 1.74 bits per heavy atom. The molecule has 2 aromatic carbocycles. The number of halogens is 3. The second-order valence-corrected chi connectivity index (χ2v) is 8.20. The van der Waals surface area contributed by atoms with Gasteiger partial charge in [0.15, 0.2) is 0 Å². The molecule has 7 nitrogen and oxygen atoms in total. The van der Waals surface area contributed by atoms with Gasteiger partial charge in [-0.3, -0.25) is 9.59 Å². The van der Waals surface area contributed by atoms with Gasteiger partial charge in [0.1, 0.15) is 5.82 Å². The van der Waals surface area contributed by atoms with E-state index in [1.54, 1.807) is 29.2 Å². The largest absolute Gasteiger partial charge is 0.417 e. The summed E-state index contributed by atoms with van der Waals surface area (Å²) >= 11 is 0. The fourth-order valence-electron chi connectivity index (χ4n) is 3.87. The van der Waals surface area contributed by atoms with Crippen molar-refractivity contribution in [1.82, 2.24) is 15.2 Å². The van der Waals surface area contributed by atoms with Gasteiger partial charge in [0.2, 0.25) is 0 Å². The lowest BCUT2D eigenvalue weighted by molar-refractivity contribution is -0.138.